The van der Waals surface area contributed by atoms with E-state index in [4.69, 9.17) is 0 Å². The first-order valence-corrected chi connectivity index (χ1v) is 3.81. The molecule has 2 heterocycles. The number of aryl methyl sites for hydroxylation is 1. The number of pyridine rings is 1. The Hall–Kier alpha value is -0.960. The Morgan fingerprint density at radius 3 is 3.20 bits per heavy atom. The molecule has 0 fully saturated rings. The Kier molecular flexibility index (Phi) is 1.17. The molecular formula is C7H6N2S. The van der Waals surface area contributed by atoms with Gasteiger partial charge in [0.05, 0.1) is 10.9 Å². The van der Waals surface area contributed by atoms with Crippen LogP contribution < -0.4 is 0 Å². The predicted octanol–water partition coefficient (Wildman–Crippen LogP) is 2.00. The van der Waals surface area contributed by atoms with Crippen LogP contribution in [0.15, 0.2) is 18.3 Å². The molecule has 2 nitrogen and oxygen atoms in total. The van der Waals surface area contributed by atoms with Gasteiger partial charge in [-0.1, -0.05) is 0 Å². The van der Waals surface area contributed by atoms with Crippen LogP contribution in [0, 0.1) is 6.92 Å². The molecule has 0 saturated heterocycles. The van der Waals surface area contributed by atoms with Gasteiger partial charge in [-0.25, -0.2) is 0 Å². The summed E-state index contributed by atoms with van der Waals surface area (Å²) in [6.07, 6.45) is 1.80. The van der Waals surface area contributed by atoms with E-state index in [-0.39, 0.29) is 0 Å². The van der Waals surface area contributed by atoms with Crippen molar-refractivity contribution in [2.75, 3.05) is 0 Å². The minimum atomic E-state index is 1.00. The number of rotatable bonds is 0. The van der Waals surface area contributed by atoms with E-state index in [1.165, 1.54) is 11.5 Å². The van der Waals surface area contributed by atoms with Gasteiger partial charge in [-0.15, -0.1) is 0 Å². The standard InChI is InChI=1S/C7H6N2S/c1-5-2-3-7-6(9-5)4-8-10-7/h2-4H,1H3. The number of aromatic nitrogens is 2. The van der Waals surface area contributed by atoms with Crippen molar-refractivity contribution >= 4 is 21.7 Å². The van der Waals surface area contributed by atoms with Crippen LogP contribution in [0.25, 0.3) is 10.2 Å². The van der Waals surface area contributed by atoms with E-state index >= 15 is 0 Å². The van der Waals surface area contributed by atoms with Crippen LogP contribution in [0.2, 0.25) is 0 Å². The second kappa shape index (κ2) is 2.02. The van der Waals surface area contributed by atoms with Gasteiger partial charge < -0.3 is 0 Å². The summed E-state index contributed by atoms with van der Waals surface area (Å²) in [7, 11) is 0. The first-order chi connectivity index (χ1) is 4.86. The lowest BCUT2D eigenvalue weighted by Gasteiger charge is -1.88. The van der Waals surface area contributed by atoms with Crippen LogP contribution in [-0.2, 0) is 0 Å². The van der Waals surface area contributed by atoms with E-state index in [1.807, 2.05) is 13.0 Å². The van der Waals surface area contributed by atoms with Crippen molar-refractivity contribution in [3.05, 3.63) is 24.0 Å². The molecule has 2 aromatic heterocycles. The van der Waals surface area contributed by atoms with E-state index in [0.29, 0.717) is 0 Å². The maximum Gasteiger partial charge on any atom is 0.101 e. The fourth-order valence-electron chi connectivity index (χ4n) is 0.867. The van der Waals surface area contributed by atoms with Crippen molar-refractivity contribution in [1.82, 2.24) is 9.36 Å². The van der Waals surface area contributed by atoms with Crippen LogP contribution in [0.4, 0.5) is 0 Å². The molecule has 2 aromatic rings. The van der Waals surface area contributed by atoms with Crippen molar-refractivity contribution in [2.45, 2.75) is 6.92 Å². The molecule has 0 aromatic carbocycles. The maximum absolute atomic E-state index is 4.28. The molecule has 3 heteroatoms. The van der Waals surface area contributed by atoms with Gasteiger partial charge >= 0.3 is 0 Å². The molecule has 0 aliphatic carbocycles. The van der Waals surface area contributed by atoms with Crippen LogP contribution in [0.1, 0.15) is 5.69 Å². The molecule has 0 amide bonds. The van der Waals surface area contributed by atoms with Crippen LogP contribution in [0.5, 0.6) is 0 Å². The highest BCUT2D eigenvalue weighted by Gasteiger charge is 1.94. The topological polar surface area (TPSA) is 25.8 Å². The quantitative estimate of drug-likeness (QED) is 0.574. The predicted molar refractivity (Wildman–Crippen MR) is 42.2 cm³/mol. The summed E-state index contributed by atoms with van der Waals surface area (Å²) in [5.41, 5.74) is 2.05. The molecule has 0 saturated carbocycles. The molecule has 0 bridgehead atoms. The van der Waals surface area contributed by atoms with Gasteiger partial charge in [0, 0.05) is 5.69 Å². The molecule has 0 aliphatic heterocycles. The van der Waals surface area contributed by atoms with Gasteiger partial charge in [0.2, 0.25) is 0 Å². The normalized spacial score (nSPS) is 10.5. The second-order valence-corrected chi connectivity index (χ2v) is 3.00. The Morgan fingerprint density at radius 2 is 2.30 bits per heavy atom. The zero-order valence-electron chi connectivity index (χ0n) is 5.53. The van der Waals surface area contributed by atoms with Crippen molar-refractivity contribution in [3.8, 4) is 0 Å². The molecule has 0 aliphatic rings. The molecule has 2 rings (SSSR count). The zero-order chi connectivity index (χ0) is 6.97. The lowest BCUT2D eigenvalue weighted by molar-refractivity contribution is 1.26. The highest BCUT2D eigenvalue weighted by Crippen LogP contribution is 2.14. The number of fused-ring (bicyclic) bond motifs is 1. The summed E-state index contributed by atoms with van der Waals surface area (Å²) < 4.78 is 5.18. The Morgan fingerprint density at radius 1 is 1.40 bits per heavy atom. The largest absolute Gasteiger partial charge is 0.251 e. The monoisotopic (exact) mass is 150 g/mol. The van der Waals surface area contributed by atoms with Gasteiger partial charge in [-0.3, -0.25) is 4.98 Å². The van der Waals surface area contributed by atoms with E-state index in [9.17, 15) is 0 Å². The van der Waals surface area contributed by atoms with E-state index in [2.05, 4.69) is 15.4 Å². The number of hydrogen-bond acceptors (Lipinski definition) is 3. The van der Waals surface area contributed by atoms with Gasteiger partial charge in [-0.05, 0) is 30.6 Å². The molecule has 0 spiro atoms. The first kappa shape index (κ1) is 5.80. The SMILES string of the molecule is Cc1ccc2sncc2n1. The lowest BCUT2D eigenvalue weighted by Crippen LogP contribution is -1.76. The summed E-state index contributed by atoms with van der Waals surface area (Å²) in [6, 6.07) is 4.05. The van der Waals surface area contributed by atoms with Crippen LogP contribution >= 0.6 is 11.5 Å². The molecular weight excluding hydrogens is 144 g/mol. The third-order valence-corrected chi connectivity index (χ3v) is 2.10. The van der Waals surface area contributed by atoms with E-state index in [0.717, 1.165) is 15.9 Å². The fourth-order valence-corrected chi connectivity index (χ4v) is 1.45. The fraction of sp³-hybridized carbons (Fsp3) is 0.143. The Balaban J connectivity index is 2.86. The van der Waals surface area contributed by atoms with Crippen LogP contribution in [0.3, 0.4) is 0 Å². The van der Waals surface area contributed by atoms with Gasteiger partial charge in [0.25, 0.3) is 0 Å². The highest BCUT2D eigenvalue weighted by molar-refractivity contribution is 7.13. The van der Waals surface area contributed by atoms with E-state index in [1.54, 1.807) is 6.20 Å². The summed E-state index contributed by atoms with van der Waals surface area (Å²) >= 11 is 1.48. The van der Waals surface area contributed by atoms with Crippen molar-refractivity contribution in [2.24, 2.45) is 0 Å². The number of nitrogens with zero attached hydrogens (tertiary/aromatic N) is 2. The molecule has 10 heavy (non-hydrogen) atoms. The van der Waals surface area contributed by atoms with Gasteiger partial charge in [0.1, 0.15) is 5.52 Å². The van der Waals surface area contributed by atoms with Crippen LogP contribution in [-0.4, -0.2) is 9.36 Å². The summed E-state index contributed by atoms with van der Waals surface area (Å²) in [4.78, 5) is 4.28. The third-order valence-electron chi connectivity index (χ3n) is 1.35. The van der Waals surface area contributed by atoms with E-state index < -0.39 is 0 Å². The Bertz CT molecular complexity index is 353. The minimum Gasteiger partial charge on any atom is -0.251 e. The van der Waals surface area contributed by atoms with Crippen molar-refractivity contribution in [3.63, 3.8) is 0 Å². The van der Waals surface area contributed by atoms with Crippen molar-refractivity contribution < 1.29 is 0 Å². The Labute approximate surface area is 62.7 Å². The first-order valence-electron chi connectivity index (χ1n) is 3.04. The molecule has 0 N–H and O–H groups in total. The minimum absolute atomic E-state index is 1.00. The van der Waals surface area contributed by atoms with Gasteiger partial charge in [-0.2, -0.15) is 4.37 Å². The average Bonchev–Trinajstić information content (AvgIpc) is 2.33. The summed E-state index contributed by atoms with van der Waals surface area (Å²) in [6.45, 7) is 1.98. The summed E-state index contributed by atoms with van der Waals surface area (Å²) in [5, 5.41) is 0. The molecule has 0 atom stereocenters. The second-order valence-electron chi connectivity index (χ2n) is 2.16. The molecule has 0 radical (unpaired) electrons. The zero-order valence-corrected chi connectivity index (χ0v) is 6.35. The molecule has 0 unspecified atom stereocenters. The lowest BCUT2D eigenvalue weighted by atomic mass is 10.3. The highest BCUT2D eigenvalue weighted by atomic mass is 32.1. The van der Waals surface area contributed by atoms with Crippen molar-refractivity contribution in [1.29, 1.82) is 0 Å². The average molecular weight is 150 g/mol. The molecule has 50 valence electrons. The number of hydrogen-bond donors (Lipinski definition) is 0. The summed E-state index contributed by atoms with van der Waals surface area (Å²) in [5.74, 6) is 0. The smallest absolute Gasteiger partial charge is 0.101 e. The third kappa shape index (κ3) is 0.789. The van der Waals surface area contributed by atoms with Gasteiger partial charge in [0.15, 0.2) is 0 Å². The maximum atomic E-state index is 4.28.